The van der Waals surface area contributed by atoms with Gasteiger partial charge in [-0.1, -0.05) is 0 Å². The van der Waals surface area contributed by atoms with Crippen LogP contribution in [0.1, 0.15) is 17.1 Å². The lowest BCUT2D eigenvalue weighted by Crippen LogP contribution is -2.03. The van der Waals surface area contributed by atoms with E-state index in [4.69, 9.17) is 10.5 Å². The molecule has 0 N–H and O–H groups in total. The van der Waals surface area contributed by atoms with E-state index >= 15 is 0 Å². The van der Waals surface area contributed by atoms with Crippen LogP contribution in [0.25, 0.3) is 5.82 Å². The van der Waals surface area contributed by atoms with Crippen molar-refractivity contribution < 1.29 is 0 Å². The van der Waals surface area contributed by atoms with Crippen molar-refractivity contribution >= 4 is 0 Å². The number of aryl methyl sites for hydroxylation is 1. The Bertz CT molecular complexity index is 613. The monoisotopic (exact) mass is 210 g/mol. The van der Waals surface area contributed by atoms with Crippen molar-refractivity contribution in [3.63, 3.8) is 0 Å². The number of hydrogen-bond acceptors (Lipinski definition) is 5. The number of aromatic nitrogens is 4. The third kappa shape index (κ3) is 1.60. The molecule has 2 aromatic rings. The normalized spacial score (nSPS) is 9.44. The lowest BCUT2D eigenvalue weighted by molar-refractivity contribution is 0.831. The quantitative estimate of drug-likeness (QED) is 0.691. The van der Waals surface area contributed by atoms with Crippen molar-refractivity contribution in [1.29, 1.82) is 10.5 Å². The van der Waals surface area contributed by atoms with Crippen molar-refractivity contribution in [2.24, 2.45) is 0 Å². The zero-order chi connectivity index (χ0) is 11.5. The van der Waals surface area contributed by atoms with E-state index in [9.17, 15) is 0 Å². The topological polar surface area (TPSA) is 91.2 Å². The highest BCUT2D eigenvalue weighted by Crippen LogP contribution is 2.10. The van der Waals surface area contributed by atoms with E-state index in [-0.39, 0.29) is 5.82 Å². The first-order valence-electron chi connectivity index (χ1n) is 4.44. The van der Waals surface area contributed by atoms with Crippen LogP contribution in [0.3, 0.4) is 0 Å². The summed E-state index contributed by atoms with van der Waals surface area (Å²) in [5.74, 6) is 0.434. The Morgan fingerprint density at radius 3 is 2.69 bits per heavy atom. The Balaban J connectivity index is 2.60. The molecule has 2 rings (SSSR count). The van der Waals surface area contributed by atoms with Crippen LogP contribution in [0, 0.1) is 29.6 Å². The third-order valence-electron chi connectivity index (χ3n) is 1.94. The molecular weight excluding hydrogens is 204 g/mol. The van der Waals surface area contributed by atoms with Crippen LogP contribution in [-0.4, -0.2) is 19.7 Å². The van der Waals surface area contributed by atoms with Gasteiger partial charge in [-0.05, 0) is 19.1 Å². The summed E-state index contributed by atoms with van der Waals surface area (Å²) in [6.45, 7) is 1.81. The molecule has 0 spiro atoms. The van der Waals surface area contributed by atoms with E-state index in [1.807, 2.05) is 19.1 Å². The summed E-state index contributed by atoms with van der Waals surface area (Å²) in [6, 6.07) is 7.23. The molecule has 0 fully saturated rings. The SMILES string of the molecule is Cc1ccc(C#N)c(-n2cnc(C#N)n2)n1. The van der Waals surface area contributed by atoms with Gasteiger partial charge in [-0.15, -0.1) is 5.10 Å². The average Bonchev–Trinajstić information content (AvgIpc) is 2.77. The van der Waals surface area contributed by atoms with Crippen molar-refractivity contribution in [3.05, 3.63) is 35.5 Å². The fraction of sp³-hybridized carbons (Fsp3) is 0.100. The fourth-order valence-corrected chi connectivity index (χ4v) is 1.22. The van der Waals surface area contributed by atoms with Gasteiger partial charge in [0.25, 0.3) is 5.82 Å². The average molecular weight is 210 g/mol. The Kier molecular flexibility index (Phi) is 2.33. The molecule has 0 aliphatic rings. The maximum Gasteiger partial charge on any atom is 0.252 e. The van der Waals surface area contributed by atoms with Gasteiger partial charge in [-0.25, -0.2) is 9.97 Å². The Morgan fingerprint density at radius 2 is 2.06 bits per heavy atom. The second-order valence-electron chi connectivity index (χ2n) is 3.06. The second-order valence-corrected chi connectivity index (χ2v) is 3.06. The maximum absolute atomic E-state index is 8.92. The summed E-state index contributed by atoms with van der Waals surface area (Å²) in [7, 11) is 0. The molecule has 0 unspecified atom stereocenters. The maximum atomic E-state index is 8.92. The van der Waals surface area contributed by atoms with E-state index in [0.29, 0.717) is 11.4 Å². The second kappa shape index (κ2) is 3.79. The molecule has 0 bridgehead atoms. The van der Waals surface area contributed by atoms with Crippen LogP contribution in [-0.2, 0) is 0 Å². The minimum Gasteiger partial charge on any atom is -0.233 e. The molecule has 2 heterocycles. The standard InChI is InChI=1S/C10H6N6/c1-7-2-3-8(4-11)10(14-7)16-6-13-9(5-12)15-16/h2-3,6H,1H3. The van der Waals surface area contributed by atoms with Gasteiger partial charge in [0.15, 0.2) is 5.82 Å². The van der Waals surface area contributed by atoms with Gasteiger partial charge in [0.05, 0.1) is 5.56 Å². The number of hydrogen-bond donors (Lipinski definition) is 0. The summed E-state index contributed by atoms with van der Waals surface area (Å²) in [5.41, 5.74) is 1.16. The van der Waals surface area contributed by atoms with Crippen LogP contribution in [0.2, 0.25) is 0 Å². The van der Waals surface area contributed by atoms with Crippen molar-refractivity contribution in [3.8, 4) is 18.0 Å². The summed E-state index contributed by atoms with van der Waals surface area (Å²) < 4.78 is 1.32. The number of nitrogens with zero attached hydrogens (tertiary/aromatic N) is 6. The van der Waals surface area contributed by atoms with Gasteiger partial charge >= 0.3 is 0 Å². The molecule has 0 aromatic carbocycles. The predicted octanol–water partition coefficient (Wildman–Crippen LogP) is 0.714. The zero-order valence-corrected chi connectivity index (χ0v) is 8.42. The lowest BCUT2D eigenvalue weighted by Gasteiger charge is -2.02. The van der Waals surface area contributed by atoms with Crippen LogP contribution >= 0.6 is 0 Å². The first-order chi connectivity index (χ1) is 7.74. The van der Waals surface area contributed by atoms with E-state index in [2.05, 4.69) is 15.1 Å². The number of rotatable bonds is 1. The minimum atomic E-state index is 0.0483. The van der Waals surface area contributed by atoms with E-state index in [0.717, 1.165) is 5.69 Å². The molecule has 0 saturated heterocycles. The molecule has 6 heteroatoms. The molecule has 2 aromatic heterocycles. The fourth-order valence-electron chi connectivity index (χ4n) is 1.22. The molecule has 76 valence electrons. The Labute approximate surface area is 91.4 Å². The van der Waals surface area contributed by atoms with E-state index in [1.165, 1.54) is 11.0 Å². The van der Waals surface area contributed by atoms with Crippen molar-refractivity contribution in [2.75, 3.05) is 0 Å². The van der Waals surface area contributed by atoms with Gasteiger partial charge in [0, 0.05) is 5.69 Å². The molecule has 0 aliphatic carbocycles. The van der Waals surface area contributed by atoms with Crippen LogP contribution < -0.4 is 0 Å². The van der Waals surface area contributed by atoms with Gasteiger partial charge in [-0.2, -0.15) is 15.2 Å². The summed E-state index contributed by atoms with van der Waals surface area (Å²) in [6.07, 6.45) is 1.36. The van der Waals surface area contributed by atoms with Gasteiger partial charge in [0.2, 0.25) is 0 Å². The van der Waals surface area contributed by atoms with E-state index in [1.54, 1.807) is 12.1 Å². The van der Waals surface area contributed by atoms with Crippen molar-refractivity contribution in [1.82, 2.24) is 19.7 Å². The lowest BCUT2D eigenvalue weighted by atomic mass is 10.2. The molecular formula is C10H6N6. The van der Waals surface area contributed by atoms with Gasteiger partial charge in [0.1, 0.15) is 18.5 Å². The third-order valence-corrected chi connectivity index (χ3v) is 1.94. The predicted molar refractivity (Wildman–Crippen MR) is 53.3 cm³/mol. The van der Waals surface area contributed by atoms with Crippen LogP contribution in [0.5, 0.6) is 0 Å². The van der Waals surface area contributed by atoms with Gasteiger partial charge < -0.3 is 0 Å². The molecule has 0 radical (unpaired) electrons. The number of nitriles is 2. The molecule has 0 aliphatic heterocycles. The first-order valence-corrected chi connectivity index (χ1v) is 4.44. The highest BCUT2D eigenvalue weighted by Gasteiger charge is 2.08. The van der Waals surface area contributed by atoms with Crippen LogP contribution in [0.15, 0.2) is 18.5 Å². The number of pyridine rings is 1. The van der Waals surface area contributed by atoms with Crippen molar-refractivity contribution in [2.45, 2.75) is 6.92 Å². The zero-order valence-electron chi connectivity index (χ0n) is 8.42. The molecule has 0 saturated carbocycles. The highest BCUT2D eigenvalue weighted by atomic mass is 15.4. The van der Waals surface area contributed by atoms with Gasteiger partial charge in [-0.3, -0.25) is 0 Å². The molecule has 16 heavy (non-hydrogen) atoms. The smallest absolute Gasteiger partial charge is 0.233 e. The molecule has 0 atom stereocenters. The highest BCUT2D eigenvalue weighted by molar-refractivity contribution is 5.43. The molecule has 6 nitrogen and oxygen atoms in total. The largest absolute Gasteiger partial charge is 0.252 e. The van der Waals surface area contributed by atoms with Crippen LogP contribution in [0.4, 0.5) is 0 Å². The summed E-state index contributed by atoms with van der Waals surface area (Å²) >= 11 is 0. The Morgan fingerprint density at radius 1 is 1.25 bits per heavy atom. The first kappa shape index (κ1) is 9.81. The Hall–Kier alpha value is -2.73. The van der Waals surface area contributed by atoms with E-state index < -0.39 is 0 Å². The molecule has 0 amide bonds. The summed E-state index contributed by atoms with van der Waals surface area (Å²) in [5, 5.41) is 21.4. The minimum absolute atomic E-state index is 0.0483. The summed E-state index contributed by atoms with van der Waals surface area (Å²) in [4.78, 5) is 7.95.